The minimum Gasteiger partial charge on any atom is -0.454 e. The Balaban J connectivity index is 1.38. The van der Waals surface area contributed by atoms with Crippen LogP contribution >= 0.6 is 23.2 Å². The van der Waals surface area contributed by atoms with E-state index in [2.05, 4.69) is 15.6 Å². The second-order valence-electron chi connectivity index (χ2n) is 9.29. The average molecular weight is 590 g/mol. The van der Waals surface area contributed by atoms with Gasteiger partial charge in [-0.1, -0.05) is 23.2 Å². The molecule has 212 valence electrons. The number of benzene rings is 2. The molecule has 3 amide bonds. The Bertz CT molecular complexity index is 1290. The van der Waals surface area contributed by atoms with Crippen molar-refractivity contribution in [1.29, 1.82) is 5.26 Å². The Morgan fingerprint density at radius 2 is 1.93 bits per heavy atom. The fourth-order valence-electron chi connectivity index (χ4n) is 4.49. The van der Waals surface area contributed by atoms with E-state index in [4.69, 9.17) is 32.7 Å². The molecule has 2 aromatic rings. The largest absolute Gasteiger partial charge is 0.454 e. The van der Waals surface area contributed by atoms with Crippen LogP contribution in [0.5, 0.6) is 11.5 Å². The molecular weight excluding hydrogens is 561 g/mol. The first kappa shape index (κ1) is 29.4. The third-order valence-corrected chi connectivity index (χ3v) is 7.10. The lowest BCUT2D eigenvalue weighted by Crippen LogP contribution is -2.47. The number of anilines is 1. The molecule has 1 fully saturated rings. The molecule has 2 aliphatic rings. The lowest BCUT2D eigenvalue weighted by Gasteiger charge is -2.33. The van der Waals surface area contributed by atoms with Gasteiger partial charge in [0.1, 0.15) is 5.75 Å². The van der Waals surface area contributed by atoms with Crippen molar-refractivity contribution in [3.8, 4) is 17.6 Å². The van der Waals surface area contributed by atoms with E-state index in [1.165, 1.54) is 12.1 Å². The summed E-state index contributed by atoms with van der Waals surface area (Å²) in [6.45, 7) is 4.54. The summed E-state index contributed by atoms with van der Waals surface area (Å²) in [7, 11) is 0. The van der Waals surface area contributed by atoms with E-state index in [1.807, 2.05) is 16.3 Å². The van der Waals surface area contributed by atoms with Crippen LogP contribution in [0.4, 0.5) is 10.5 Å². The molecular formula is C27H29Cl2N5O6. The number of carbonyl (C=O) groups is 3. The highest BCUT2D eigenvalue weighted by atomic mass is 35.5. The van der Waals surface area contributed by atoms with Gasteiger partial charge in [0.15, 0.2) is 11.8 Å². The Labute approximate surface area is 241 Å². The van der Waals surface area contributed by atoms with Crippen LogP contribution in [0.15, 0.2) is 30.3 Å². The highest BCUT2D eigenvalue weighted by Gasteiger charge is 2.28. The lowest BCUT2D eigenvalue weighted by molar-refractivity contribution is -0.121. The number of hydrogen-bond donors (Lipinski definition) is 3. The maximum atomic E-state index is 13.1. The number of nitrogens with one attached hydrogen (secondary N) is 3. The summed E-state index contributed by atoms with van der Waals surface area (Å²) in [6.07, 6.45) is 1.69. The van der Waals surface area contributed by atoms with Crippen LogP contribution in [0.3, 0.4) is 0 Å². The molecule has 0 aliphatic carbocycles. The van der Waals surface area contributed by atoms with E-state index >= 15 is 0 Å². The molecule has 0 saturated carbocycles. The van der Waals surface area contributed by atoms with Gasteiger partial charge in [-0.3, -0.25) is 14.9 Å². The fourth-order valence-corrected chi connectivity index (χ4v) is 5.05. The van der Waals surface area contributed by atoms with E-state index in [0.29, 0.717) is 35.9 Å². The monoisotopic (exact) mass is 589 g/mol. The Kier molecular flexibility index (Phi) is 10.1. The first-order valence-electron chi connectivity index (χ1n) is 12.8. The molecule has 2 heterocycles. The first-order chi connectivity index (χ1) is 19.3. The molecule has 4 rings (SSSR count). The minimum atomic E-state index is -1.41. The van der Waals surface area contributed by atoms with Crippen LogP contribution in [-0.4, -0.2) is 61.8 Å². The second kappa shape index (κ2) is 13.7. The smallest absolute Gasteiger partial charge is 0.413 e. The van der Waals surface area contributed by atoms with Crippen molar-refractivity contribution in [2.75, 3.05) is 38.3 Å². The normalized spacial score (nSPS) is 15.9. The van der Waals surface area contributed by atoms with Crippen molar-refractivity contribution in [2.24, 2.45) is 5.92 Å². The number of carbonyl (C=O) groups excluding carboxylic acids is 3. The standard InChI is InChI=1S/C27H29Cl2N5O6/c1-2-39-27(37)31-25(35)23(14-30)33-32-18-12-21(28)24(22(29)13-18)40-19-3-4-20-17(11-19)5-8-34(26(20)36)15-16-6-9-38-10-7-16/h3-4,11-13,16,23,32-33H,2,5-10,15H2,1H3,(H,31,35,37). The van der Waals surface area contributed by atoms with Gasteiger partial charge in [-0.25, -0.2) is 10.2 Å². The molecule has 0 radical (unpaired) electrons. The molecule has 2 aromatic carbocycles. The number of hydrogen-bond acceptors (Lipinski definition) is 9. The second-order valence-corrected chi connectivity index (χ2v) is 10.1. The zero-order valence-corrected chi connectivity index (χ0v) is 23.3. The van der Waals surface area contributed by atoms with Crippen molar-refractivity contribution < 1.29 is 28.6 Å². The molecule has 1 atom stereocenters. The van der Waals surface area contributed by atoms with E-state index in [-0.39, 0.29) is 28.3 Å². The van der Waals surface area contributed by atoms with Gasteiger partial charge in [0, 0.05) is 31.9 Å². The van der Waals surface area contributed by atoms with Gasteiger partial charge in [-0.2, -0.15) is 5.26 Å². The number of ether oxygens (including phenoxy) is 3. The first-order valence-corrected chi connectivity index (χ1v) is 13.6. The number of fused-ring (bicyclic) bond motifs is 1. The van der Waals surface area contributed by atoms with Gasteiger partial charge in [0.25, 0.3) is 11.8 Å². The van der Waals surface area contributed by atoms with Crippen molar-refractivity contribution in [3.05, 3.63) is 51.5 Å². The summed E-state index contributed by atoms with van der Waals surface area (Å²) in [6, 6.07) is 8.57. The number of imide groups is 1. The van der Waals surface area contributed by atoms with Crippen LogP contribution in [0.2, 0.25) is 10.0 Å². The van der Waals surface area contributed by atoms with Gasteiger partial charge < -0.3 is 24.5 Å². The van der Waals surface area contributed by atoms with Crippen molar-refractivity contribution >= 4 is 46.8 Å². The molecule has 40 heavy (non-hydrogen) atoms. The highest BCUT2D eigenvalue weighted by Crippen LogP contribution is 2.39. The molecule has 1 unspecified atom stereocenters. The Hall–Kier alpha value is -3.56. The van der Waals surface area contributed by atoms with Gasteiger partial charge in [0.05, 0.1) is 28.4 Å². The maximum absolute atomic E-state index is 13.1. The van der Waals surface area contributed by atoms with E-state index in [0.717, 1.165) is 38.2 Å². The SMILES string of the molecule is CCOC(=O)NC(=O)C(C#N)NNc1cc(Cl)c(Oc2ccc3c(c2)CCN(CC2CCOCC2)C3=O)c(Cl)c1. The lowest BCUT2D eigenvalue weighted by atomic mass is 9.95. The third kappa shape index (κ3) is 7.34. The summed E-state index contributed by atoms with van der Waals surface area (Å²) in [5.74, 6) is 0.265. The van der Waals surface area contributed by atoms with Crippen molar-refractivity contribution in [2.45, 2.75) is 32.2 Å². The van der Waals surface area contributed by atoms with E-state index < -0.39 is 18.0 Å². The molecule has 0 spiro atoms. The molecule has 11 nitrogen and oxygen atoms in total. The summed E-state index contributed by atoms with van der Waals surface area (Å²) >= 11 is 12.9. The molecule has 0 aromatic heterocycles. The number of rotatable bonds is 9. The quantitative estimate of drug-likeness (QED) is 0.365. The highest BCUT2D eigenvalue weighted by molar-refractivity contribution is 6.37. The summed E-state index contributed by atoms with van der Waals surface area (Å²) < 4.78 is 16.0. The molecule has 2 aliphatic heterocycles. The summed E-state index contributed by atoms with van der Waals surface area (Å²) in [4.78, 5) is 38.5. The number of hydrazine groups is 1. The maximum Gasteiger partial charge on any atom is 0.413 e. The predicted molar refractivity (Wildman–Crippen MR) is 147 cm³/mol. The summed E-state index contributed by atoms with van der Waals surface area (Å²) in [5, 5.41) is 11.5. The molecule has 0 bridgehead atoms. The van der Waals surface area contributed by atoms with Crippen LogP contribution in [0.1, 0.15) is 35.7 Å². The van der Waals surface area contributed by atoms with Gasteiger partial charge in [-0.05, 0) is 68.0 Å². The molecule has 3 N–H and O–H groups in total. The topological polar surface area (TPSA) is 142 Å². The number of alkyl carbamates (subject to hydrolysis) is 1. The van der Waals surface area contributed by atoms with Crippen molar-refractivity contribution in [1.82, 2.24) is 15.6 Å². The van der Waals surface area contributed by atoms with E-state index in [9.17, 15) is 19.6 Å². The minimum absolute atomic E-state index is 0.0184. The number of halogens is 2. The fraction of sp³-hybridized carbons (Fsp3) is 0.407. The van der Waals surface area contributed by atoms with Crippen LogP contribution < -0.4 is 20.9 Å². The van der Waals surface area contributed by atoms with Crippen LogP contribution in [0.25, 0.3) is 0 Å². The van der Waals surface area contributed by atoms with Crippen LogP contribution in [0, 0.1) is 17.2 Å². The van der Waals surface area contributed by atoms with E-state index in [1.54, 1.807) is 25.1 Å². The average Bonchev–Trinajstić information content (AvgIpc) is 2.93. The Morgan fingerprint density at radius 1 is 1.20 bits per heavy atom. The van der Waals surface area contributed by atoms with Crippen molar-refractivity contribution in [3.63, 3.8) is 0 Å². The number of nitrogens with zero attached hydrogens (tertiary/aromatic N) is 2. The zero-order chi connectivity index (χ0) is 28.6. The molecule has 13 heteroatoms. The van der Waals surface area contributed by atoms with Gasteiger partial charge in [-0.15, -0.1) is 0 Å². The predicted octanol–water partition coefficient (Wildman–Crippen LogP) is 4.29. The summed E-state index contributed by atoms with van der Waals surface area (Å²) in [5.41, 5.74) is 7.06. The number of amides is 3. The van der Waals surface area contributed by atoms with Gasteiger partial charge in [0.2, 0.25) is 0 Å². The van der Waals surface area contributed by atoms with Gasteiger partial charge >= 0.3 is 6.09 Å². The van der Waals surface area contributed by atoms with Crippen LogP contribution in [-0.2, 0) is 20.7 Å². The Morgan fingerprint density at radius 3 is 2.60 bits per heavy atom. The molecule has 1 saturated heterocycles. The third-order valence-electron chi connectivity index (χ3n) is 6.54. The zero-order valence-electron chi connectivity index (χ0n) is 21.8. The number of nitriles is 1.